The number of esters is 1. The molecule has 0 atom stereocenters. The van der Waals surface area contributed by atoms with Crippen LogP contribution in [-0.2, 0) is 18.9 Å². The molecule has 2 aliphatic rings. The van der Waals surface area contributed by atoms with Crippen molar-refractivity contribution in [3.8, 4) is 51.0 Å². The molecule has 2 fully saturated rings. The minimum Gasteiger partial charge on any atom is -0.468 e. The van der Waals surface area contributed by atoms with Gasteiger partial charge in [-0.3, -0.25) is 0 Å². The van der Waals surface area contributed by atoms with E-state index in [0.717, 1.165) is 37.2 Å². The van der Waals surface area contributed by atoms with Gasteiger partial charge in [-0.2, -0.15) is 0 Å². The monoisotopic (exact) mass is 796 g/mol. The summed E-state index contributed by atoms with van der Waals surface area (Å²) < 4.78 is 79.9. The van der Waals surface area contributed by atoms with Gasteiger partial charge in [-0.25, -0.2) is 13.6 Å². The number of carbonyl (C=O) groups is 1. The van der Waals surface area contributed by atoms with Gasteiger partial charge in [0.15, 0.2) is 36.7 Å². The molecule has 5 aromatic rings. The summed E-state index contributed by atoms with van der Waals surface area (Å²) in [7, 11) is 0. The van der Waals surface area contributed by atoms with E-state index in [-0.39, 0.29) is 48.3 Å². The highest BCUT2D eigenvalue weighted by Gasteiger charge is 2.37. The average Bonchev–Trinajstić information content (AvgIpc) is 3.22. The Morgan fingerprint density at radius 2 is 0.948 bits per heavy atom. The van der Waals surface area contributed by atoms with Crippen molar-refractivity contribution in [1.29, 1.82) is 0 Å². The number of benzene rings is 5. The Labute approximate surface area is 336 Å². The Morgan fingerprint density at radius 1 is 0.534 bits per heavy atom. The Morgan fingerprint density at radius 3 is 1.36 bits per heavy atom. The minimum atomic E-state index is -0.705. The number of hydrogen-bond acceptors (Lipinski definition) is 10. The quantitative estimate of drug-likeness (QED) is 0.0328. The van der Waals surface area contributed by atoms with Crippen LogP contribution in [0.1, 0.15) is 37.0 Å². The van der Waals surface area contributed by atoms with E-state index in [2.05, 4.69) is 13.8 Å². The molecule has 7 rings (SSSR count). The van der Waals surface area contributed by atoms with Crippen molar-refractivity contribution in [3.05, 3.63) is 126 Å². The maximum absolute atomic E-state index is 15.1. The van der Waals surface area contributed by atoms with E-state index in [4.69, 9.17) is 42.6 Å². The van der Waals surface area contributed by atoms with Gasteiger partial charge >= 0.3 is 5.97 Å². The van der Waals surface area contributed by atoms with E-state index < -0.39 is 17.6 Å². The van der Waals surface area contributed by atoms with Gasteiger partial charge in [0.1, 0.15) is 17.2 Å². The third kappa shape index (κ3) is 10.1. The molecule has 304 valence electrons. The van der Waals surface area contributed by atoms with E-state index in [1.165, 1.54) is 18.2 Å². The zero-order chi connectivity index (χ0) is 40.4. The second-order valence-electron chi connectivity index (χ2n) is 14.6. The van der Waals surface area contributed by atoms with Crippen LogP contribution in [0.5, 0.6) is 28.7 Å². The van der Waals surface area contributed by atoms with E-state index in [0.29, 0.717) is 54.8 Å². The zero-order valence-electron chi connectivity index (χ0n) is 32.5. The van der Waals surface area contributed by atoms with Crippen molar-refractivity contribution in [2.45, 2.75) is 26.7 Å². The molecular formula is C46H46F2O10. The predicted octanol–water partition coefficient (Wildman–Crippen LogP) is 9.49. The first kappa shape index (κ1) is 40.7. The van der Waals surface area contributed by atoms with Crippen LogP contribution in [0.15, 0.2) is 109 Å². The Balaban J connectivity index is 0.849. The van der Waals surface area contributed by atoms with Gasteiger partial charge in [0.25, 0.3) is 0 Å². The van der Waals surface area contributed by atoms with Crippen LogP contribution in [0.25, 0.3) is 22.3 Å². The zero-order valence-corrected chi connectivity index (χ0v) is 32.5. The summed E-state index contributed by atoms with van der Waals surface area (Å²) in [4.78, 5) is 12.8. The highest BCUT2D eigenvalue weighted by Crippen LogP contribution is 2.33. The first-order valence-corrected chi connectivity index (χ1v) is 19.2. The molecule has 5 aromatic carbocycles. The standard InChI is InChI=1S/C46H46F2O10/c1-3-45(23-50-24-45)27-52-29-54-37-13-9-34(10-14-37)44(49)58-43-20-12-36(22-41(43)48)33-7-5-32(6-8-33)35-11-19-42(40(47)21-35)57-31-56-39-17-15-38(16-18-39)55-30-53-28-46(4-2)25-51-26-46/h5-22H,3-4,23-31H2,1-2H3. The minimum absolute atomic E-state index is 0.0442. The lowest BCUT2D eigenvalue weighted by Gasteiger charge is -2.40. The molecule has 0 amide bonds. The van der Waals surface area contributed by atoms with Gasteiger partial charge in [0, 0.05) is 10.8 Å². The Bertz CT molecular complexity index is 2100. The molecular weight excluding hydrogens is 750 g/mol. The molecule has 0 unspecified atom stereocenters. The fraction of sp³-hybridized carbons (Fsp3) is 0.326. The molecule has 0 spiro atoms. The summed E-state index contributed by atoms with van der Waals surface area (Å²) in [5, 5.41) is 0. The summed E-state index contributed by atoms with van der Waals surface area (Å²) in [6.07, 6.45) is 1.97. The van der Waals surface area contributed by atoms with E-state index >= 15 is 8.78 Å². The Hall–Kier alpha value is -5.53. The largest absolute Gasteiger partial charge is 0.468 e. The van der Waals surface area contributed by atoms with Gasteiger partial charge in [0.2, 0.25) is 6.79 Å². The van der Waals surface area contributed by atoms with Crippen LogP contribution in [0.2, 0.25) is 0 Å². The topological polar surface area (TPSA) is 100 Å². The summed E-state index contributed by atoms with van der Waals surface area (Å²) in [6.45, 7) is 8.22. The number of hydrogen-bond donors (Lipinski definition) is 0. The molecule has 0 bridgehead atoms. The molecule has 0 aromatic heterocycles. The fourth-order valence-corrected chi connectivity index (χ4v) is 6.35. The molecule has 2 aliphatic heterocycles. The second kappa shape index (κ2) is 18.8. The van der Waals surface area contributed by atoms with Gasteiger partial charge in [0.05, 0.1) is 45.2 Å². The van der Waals surface area contributed by atoms with Crippen LogP contribution >= 0.6 is 0 Å². The van der Waals surface area contributed by atoms with Crippen LogP contribution in [0.3, 0.4) is 0 Å². The number of ether oxygens (including phenoxy) is 9. The van der Waals surface area contributed by atoms with Crippen LogP contribution in [-0.4, -0.2) is 66.0 Å². The van der Waals surface area contributed by atoms with E-state index in [1.807, 2.05) is 12.1 Å². The highest BCUT2D eigenvalue weighted by atomic mass is 19.1. The van der Waals surface area contributed by atoms with Crippen LogP contribution < -0.4 is 23.7 Å². The van der Waals surface area contributed by atoms with Crippen molar-refractivity contribution >= 4 is 5.97 Å². The molecule has 58 heavy (non-hydrogen) atoms. The third-order valence-electron chi connectivity index (χ3n) is 10.5. The molecule has 10 nitrogen and oxygen atoms in total. The molecule has 0 radical (unpaired) electrons. The van der Waals surface area contributed by atoms with Crippen LogP contribution in [0, 0.1) is 22.5 Å². The summed E-state index contributed by atoms with van der Waals surface area (Å²) in [5.41, 5.74) is 3.09. The third-order valence-corrected chi connectivity index (χ3v) is 10.5. The highest BCUT2D eigenvalue weighted by molar-refractivity contribution is 5.91. The van der Waals surface area contributed by atoms with Crippen LogP contribution in [0.4, 0.5) is 8.78 Å². The lowest BCUT2D eigenvalue weighted by molar-refractivity contribution is -0.162. The lowest BCUT2D eigenvalue weighted by atomic mass is 9.84. The normalized spacial score (nSPS) is 15.1. The van der Waals surface area contributed by atoms with Crippen molar-refractivity contribution in [2.75, 3.05) is 60.0 Å². The van der Waals surface area contributed by atoms with Gasteiger partial charge in [-0.05, 0) is 108 Å². The van der Waals surface area contributed by atoms with E-state index in [9.17, 15) is 4.79 Å². The molecule has 0 aliphatic carbocycles. The van der Waals surface area contributed by atoms with Crippen molar-refractivity contribution in [2.24, 2.45) is 10.8 Å². The van der Waals surface area contributed by atoms with Crippen molar-refractivity contribution in [3.63, 3.8) is 0 Å². The molecule has 0 N–H and O–H groups in total. The van der Waals surface area contributed by atoms with E-state index in [1.54, 1.807) is 78.9 Å². The molecule has 2 saturated heterocycles. The first-order chi connectivity index (χ1) is 28.3. The van der Waals surface area contributed by atoms with Crippen molar-refractivity contribution in [1.82, 2.24) is 0 Å². The predicted molar refractivity (Wildman–Crippen MR) is 211 cm³/mol. The van der Waals surface area contributed by atoms with Crippen molar-refractivity contribution < 1.29 is 56.2 Å². The first-order valence-electron chi connectivity index (χ1n) is 19.2. The average molecular weight is 797 g/mol. The van der Waals surface area contributed by atoms with Gasteiger partial charge in [-0.1, -0.05) is 50.2 Å². The summed E-state index contributed by atoms with van der Waals surface area (Å²) >= 11 is 0. The fourth-order valence-electron chi connectivity index (χ4n) is 6.35. The summed E-state index contributed by atoms with van der Waals surface area (Å²) in [5.74, 6) is -0.403. The smallest absolute Gasteiger partial charge is 0.343 e. The number of halogens is 2. The molecule has 2 heterocycles. The Kier molecular flexibility index (Phi) is 13.2. The SMILES string of the molecule is CCC1(COCOc2ccc(OCOc3ccc(-c4ccc(-c5ccc(OC(=O)c6ccc(OCOCC7(CC)COC7)cc6)c(F)c5)cc4)cc3F)cc2)COC1. The van der Waals surface area contributed by atoms with Gasteiger partial charge < -0.3 is 42.6 Å². The number of rotatable bonds is 20. The molecule has 12 heteroatoms. The lowest BCUT2D eigenvalue weighted by Crippen LogP contribution is -2.45. The molecule has 0 saturated carbocycles. The summed E-state index contributed by atoms with van der Waals surface area (Å²) in [6, 6.07) is 29.6. The number of carbonyl (C=O) groups excluding carboxylic acids is 1. The second-order valence-corrected chi connectivity index (χ2v) is 14.6. The van der Waals surface area contributed by atoms with Gasteiger partial charge in [-0.15, -0.1) is 0 Å². The maximum Gasteiger partial charge on any atom is 0.343 e. The maximum atomic E-state index is 15.1.